The molecule has 6 nitrogen and oxygen atoms in total. The molecule has 0 spiro atoms. The molecule has 154 valence electrons. The Labute approximate surface area is 172 Å². The number of aryl methyl sites for hydroxylation is 1. The van der Waals surface area contributed by atoms with Gasteiger partial charge in [-0.05, 0) is 75.7 Å². The first-order chi connectivity index (χ1) is 14.2. The summed E-state index contributed by atoms with van der Waals surface area (Å²) >= 11 is 0. The molecule has 0 bridgehead atoms. The van der Waals surface area contributed by atoms with Crippen molar-refractivity contribution in [3.05, 3.63) is 40.6 Å². The standard InChI is InChI=1S/C23H30N4O2/c1-26-12-5-8-17(26)15-29-23-24-20-14-27(13-11-19(20)22(28)25-23)21-10-4-7-16-6-2-3-9-18(16)21/h4,7,10,17H,2-3,5-6,8-9,11-15H2,1H3,(H,24,25,28)/t17-/m0/s1. The Balaban J connectivity index is 1.36. The van der Waals surface area contributed by atoms with E-state index in [1.165, 1.54) is 42.5 Å². The van der Waals surface area contributed by atoms with E-state index in [2.05, 4.69) is 40.0 Å². The molecule has 1 atom stereocenters. The Hall–Kier alpha value is -2.34. The second kappa shape index (κ2) is 7.82. The van der Waals surface area contributed by atoms with Gasteiger partial charge < -0.3 is 19.6 Å². The Kier molecular flexibility index (Phi) is 5.04. The summed E-state index contributed by atoms with van der Waals surface area (Å²) in [7, 11) is 2.13. The van der Waals surface area contributed by atoms with Gasteiger partial charge in [0.05, 0.1) is 12.2 Å². The van der Waals surface area contributed by atoms with E-state index < -0.39 is 0 Å². The molecule has 2 aliphatic heterocycles. The van der Waals surface area contributed by atoms with Crippen LogP contribution in [0.2, 0.25) is 0 Å². The molecule has 2 aromatic rings. The minimum atomic E-state index is 0.0829. The van der Waals surface area contributed by atoms with Crippen LogP contribution in [0.1, 0.15) is 48.1 Å². The first-order valence-electron chi connectivity index (χ1n) is 11.0. The third kappa shape index (κ3) is 3.66. The minimum absolute atomic E-state index is 0.0829. The first kappa shape index (κ1) is 18.7. The van der Waals surface area contributed by atoms with Gasteiger partial charge >= 0.3 is 6.01 Å². The number of nitrogens with zero attached hydrogens (tertiary/aromatic N) is 4. The second-order valence-corrected chi connectivity index (χ2v) is 8.64. The van der Waals surface area contributed by atoms with Gasteiger partial charge in [0.25, 0.3) is 0 Å². The summed E-state index contributed by atoms with van der Waals surface area (Å²) in [6.07, 6.45) is 8.01. The van der Waals surface area contributed by atoms with Crippen LogP contribution in [0.15, 0.2) is 18.2 Å². The maximum atomic E-state index is 10.5. The maximum Gasteiger partial charge on any atom is 0.320 e. The predicted octanol–water partition coefficient (Wildman–Crippen LogP) is 3.10. The van der Waals surface area contributed by atoms with Crippen molar-refractivity contribution >= 4 is 5.69 Å². The van der Waals surface area contributed by atoms with Crippen molar-refractivity contribution in [3.8, 4) is 11.9 Å². The zero-order chi connectivity index (χ0) is 19.8. The van der Waals surface area contributed by atoms with Gasteiger partial charge in [0.2, 0.25) is 5.88 Å². The van der Waals surface area contributed by atoms with Crippen molar-refractivity contribution < 1.29 is 9.84 Å². The average molecular weight is 395 g/mol. The highest BCUT2D eigenvalue weighted by Crippen LogP contribution is 2.34. The van der Waals surface area contributed by atoms with Crippen LogP contribution in [0, 0.1) is 0 Å². The SMILES string of the molecule is CN1CCC[C@H]1COc1nc(O)c2c(n1)CN(c1cccc3c1CCCC3)CC2. The minimum Gasteiger partial charge on any atom is -0.493 e. The van der Waals surface area contributed by atoms with Crippen molar-refractivity contribution in [1.29, 1.82) is 0 Å². The van der Waals surface area contributed by atoms with Crippen LogP contribution in [0.25, 0.3) is 0 Å². The lowest BCUT2D eigenvalue weighted by molar-refractivity contribution is 0.185. The number of fused-ring (bicyclic) bond motifs is 2. The number of aromatic hydroxyl groups is 1. The van der Waals surface area contributed by atoms with Crippen molar-refractivity contribution in [3.63, 3.8) is 0 Å². The lowest BCUT2D eigenvalue weighted by Gasteiger charge is -2.33. The van der Waals surface area contributed by atoms with Gasteiger partial charge in [-0.3, -0.25) is 0 Å². The molecule has 0 radical (unpaired) electrons. The number of likely N-dealkylation sites (tertiary alicyclic amines) is 1. The maximum absolute atomic E-state index is 10.5. The molecule has 0 unspecified atom stereocenters. The Morgan fingerprint density at radius 3 is 2.83 bits per heavy atom. The predicted molar refractivity (Wildman–Crippen MR) is 113 cm³/mol. The topological polar surface area (TPSA) is 61.7 Å². The summed E-state index contributed by atoms with van der Waals surface area (Å²) in [5.74, 6) is 0.0829. The number of rotatable bonds is 4. The molecule has 3 heterocycles. The molecule has 0 saturated carbocycles. The zero-order valence-electron chi connectivity index (χ0n) is 17.2. The van der Waals surface area contributed by atoms with Gasteiger partial charge in [0.1, 0.15) is 6.61 Å². The van der Waals surface area contributed by atoms with Crippen molar-refractivity contribution in [2.24, 2.45) is 0 Å². The van der Waals surface area contributed by atoms with Gasteiger partial charge in [0.15, 0.2) is 0 Å². The fraction of sp³-hybridized carbons (Fsp3) is 0.565. The number of benzene rings is 1. The molecule has 6 heteroatoms. The normalized spacial score (nSPS) is 21.7. The Bertz CT molecular complexity index is 901. The Morgan fingerprint density at radius 1 is 1.07 bits per heavy atom. The molecule has 3 aliphatic rings. The summed E-state index contributed by atoms with van der Waals surface area (Å²) < 4.78 is 5.90. The van der Waals surface area contributed by atoms with Gasteiger partial charge in [-0.15, -0.1) is 0 Å². The van der Waals surface area contributed by atoms with Crippen LogP contribution in [-0.4, -0.2) is 52.8 Å². The monoisotopic (exact) mass is 394 g/mol. The van der Waals surface area contributed by atoms with Crippen LogP contribution >= 0.6 is 0 Å². The highest BCUT2D eigenvalue weighted by molar-refractivity contribution is 5.59. The molecule has 5 rings (SSSR count). The largest absolute Gasteiger partial charge is 0.493 e. The van der Waals surface area contributed by atoms with E-state index in [0.717, 1.165) is 43.6 Å². The van der Waals surface area contributed by atoms with E-state index in [4.69, 9.17) is 9.72 Å². The quantitative estimate of drug-likeness (QED) is 0.860. The lowest BCUT2D eigenvalue weighted by atomic mass is 9.89. The van der Waals surface area contributed by atoms with E-state index in [1.807, 2.05) is 0 Å². The Morgan fingerprint density at radius 2 is 1.97 bits per heavy atom. The molecule has 29 heavy (non-hydrogen) atoms. The average Bonchev–Trinajstić information content (AvgIpc) is 3.16. The van der Waals surface area contributed by atoms with E-state index in [-0.39, 0.29) is 5.88 Å². The summed E-state index contributed by atoms with van der Waals surface area (Å²) in [6.45, 7) is 3.26. The number of anilines is 1. The summed E-state index contributed by atoms with van der Waals surface area (Å²) in [5.41, 5.74) is 6.10. The first-order valence-corrected chi connectivity index (χ1v) is 11.0. The van der Waals surface area contributed by atoms with Gasteiger partial charge in [-0.2, -0.15) is 9.97 Å². The highest BCUT2D eigenvalue weighted by atomic mass is 16.5. The fourth-order valence-electron chi connectivity index (χ4n) is 5.08. The number of aromatic nitrogens is 2. The van der Waals surface area contributed by atoms with E-state index in [1.54, 1.807) is 0 Å². The fourth-order valence-corrected chi connectivity index (χ4v) is 5.08. The highest BCUT2D eigenvalue weighted by Gasteiger charge is 2.26. The molecule has 1 N–H and O–H groups in total. The van der Waals surface area contributed by atoms with Crippen molar-refractivity contribution in [2.45, 2.75) is 57.5 Å². The molecule has 1 aromatic heterocycles. The number of hydrogen-bond acceptors (Lipinski definition) is 6. The van der Waals surface area contributed by atoms with Gasteiger partial charge in [-0.25, -0.2) is 0 Å². The molecular formula is C23H30N4O2. The third-order valence-electron chi connectivity index (χ3n) is 6.81. The van der Waals surface area contributed by atoms with Gasteiger partial charge in [-0.1, -0.05) is 12.1 Å². The van der Waals surface area contributed by atoms with Crippen LogP contribution in [0.3, 0.4) is 0 Å². The number of ether oxygens (including phenoxy) is 1. The molecule has 1 fully saturated rings. The van der Waals surface area contributed by atoms with Crippen LogP contribution in [0.5, 0.6) is 11.9 Å². The molecule has 1 aliphatic carbocycles. The van der Waals surface area contributed by atoms with E-state index >= 15 is 0 Å². The molecular weight excluding hydrogens is 364 g/mol. The number of hydrogen-bond donors (Lipinski definition) is 1. The molecule has 1 aromatic carbocycles. The van der Waals surface area contributed by atoms with Crippen molar-refractivity contribution in [1.82, 2.24) is 14.9 Å². The summed E-state index contributed by atoms with van der Waals surface area (Å²) in [4.78, 5) is 13.6. The smallest absolute Gasteiger partial charge is 0.320 e. The van der Waals surface area contributed by atoms with Crippen LogP contribution in [0.4, 0.5) is 5.69 Å². The summed E-state index contributed by atoms with van der Waals surface area (Å²) in [5, 5.41) is 10.5. The van der Waals surface area contributed by atoms with Crippen LogP contribution < -0.4 is 9.64 Å². The van der Waals surface area contributed by atoms with E-state index in [9.17, 15) is 5.11 Å². The molecule has 0 amide bonds. The van der Waals surface area contributed by atoms with Crippen LogP contribution in [-0.2, 0) is 25.8 Å². The zero-order valence-corrected chi connectivity index (χ0v) is 17.2. The molecule has 1 saturated heterocycles. The second-order valence-electron chi connectivity index (χ2n) is 8.64. The lowest BCUT2D eigenvalue weighted by Crippen LogP contribution is -2.33. The third-order valence-corrected chi connectivity index (χ3v) is 6.81. The number of likely N-dealkylation sites (N-methyl/N-ethyl adjacent to an activating group) is 1. The van der Waals surface area contributed by atoms with Gasteiger partial charge in [0, 0.05) is 23.8 Å². The summed E-state index contributed by atoms with van der Waals surface area (Å²) in [6, 6.07) is 7.40. The van der Waals surface area contributed by atoms with E-state index in [0.29, 0.717) is 25.2 Å². The van der Waals surface area contributed by atoms with Crippen molar-refractivity contribution in [2.75, 3.05) is 31.6 Å².